The minimum Gasteiger partial charge on any atom is -0.477 e. The molecule has 2 aromatic rings. The van der Waals surface area contributed by atoms with Crippen LogP contribution < -0.4 is 0 Å². The largest absolute Gasteiger partial charge is 0.477 e. The van der Waals surface area contributed by atoms with Crippen molar-refractivity contribution < 1.29 is 9.90 Å². The molecule has 0 aliphatic rings. The second kappa shape index (κ2) is 5.09. The Balaban J connectivity index is 2.50. The number of carbonyl (C=O) groups is 1. The molecule has 0 aromatic carbocycles. The summed E-state index contributed by atoms with van der Waals surface area (Å²) in [5.41, 5.74) is 1.09. The molecule has 0 atom stereocenters. The van der Waals surface area contributed by atoms with E-state index in [9.17, 15) is 4.79 Å². The van der Waals surface area contributed by atoms with Gasteiger partial charge in [-0.05, 0) is 54.0 Å². The first-order valence-corrected chi connectivity index (χ1v) is 6.54. The van der Waals surface area contributed by atoms with Crippen LogP contribution in [0.1, 0.15) is 35.7 Å². The number of hydrogen-bond acceptors (Lipinski definition) is 3. The first-order valence-electron chi connectivity index (χ1n) is 5.75. The number of rotatable bonds is 3. The predicted octanol–water partition coefficient (Wildman–Crippen LogP) is 3.26. The third-order valence-corrected chi connectivity index (χ3v) is 3.41. The highest BCUT2D eigenvalue weighted by Crippen LogP contribution is 2.29. The van der Waals surface area contributed by atoms with Crippen LogP contribution in [0, 0.1) is 0 Å². The van der Waals surface area contributed by atoms with E-state index in [2.05, 4.69) is 25.9 Å². The normalized spacial score (nSPS) is 11.3. The summed E-state index contributed by atoms with van der Waals surface area (Å²) in [6.07, 6.45) is 0. The molecule has 2 aromatic heterocycles. The average Bonchev–Trinajstić information content (AvgIpc) is 2.39. The van der Waals surface area contributed by atoms with Crippen molar-refractivity contribution in [3.05, 3.63) is 58.1 Å². The third-order valence-electron chi connectivity index (χ3n) is 2.96. The van der Waals surface area contributed by atoms with E-state index in [0.717, 1.165) is 10.3 Å². The van der Waals surface area contributed by atoms with Crippen molar-refractivity contribution in [3.8, 4) is 0 Å². The van der Waals surface area contributed by atoms with E-state index in [-0.39, 0.29) is 5.69 Å². The maximum Gasteiger partial charge on any atom is 0.354 e. The van der Waals surface area contributed by atoms with Gasteiger partial charge in [0.1, 0.15) is 10.3 Å². The van der Waals surface area contributed by atoms with Crippen molar-refractivity contribution in [2.45, 2.75) is 19.3 Å². The van der Waals surface area contributed by atoms with Crippen LogP contribution in [-0.2, 0) is 5.41 Å². The van der Waals surface area contributed by atoms with E-state index < -0.39 is 11.4 Å². The van der Waals surface area contributed by atoms with Crippen LogP contribution in [0.25, 0.3) is 0 Å². The Labute approximate surface area is 119 Å². The molecule has 0 saturated carbocycles. The average molecular weight is 321 g/mol. The fourth-order valence-electron chi connectivity index (χ4n) is 1.79. The first kappa shape index (κ1) is 13.7. The van der Waals surface area contributed by atoms with Gasteiger partial charge in [0.2, 0.25) is 0 Å². The summed E-state index contributed by atoms with van der Waals surface area (Å²) in [5.74, 6) is -1.03. The molecule has 5 heteroatoms. The van der Waals surface area contributed by atoms with Crippen molar-refractivity contribution in [1.29, 1.82) is 0 Å². The van der Waals surface area contributed by atoms with Gasteiger partial charge in [0, 0.05) is 5.41 Å². The van der Waals surface area contributed by atoms with Crippen LogP contribution >= 0.6 is 15.9 Å². The molecule has 4 nitrogen and oxygen atoms in total. The number of hydrogen-bond donors (Lipinski definition) is 1. The number of nitrogens with zero attached hydrogens (tertiary/aromatic N) is 2. The summed E-state index contributed by atoms with van der Waals surface area (Å²) >= 11 is 3.34. The zero-order valence-corrected chi connectivity index (χ0v) is 12.2. The fraction of sp³-hybridized carbons (Fsp3) is 0.214. The Morgan fingerprint density at radius 2 is 1.68 bits per heavy atom. The topological polar surface area (TPSA) is 63.1 Å². The Bertz CT molecular complexity index is 626. The highest BCUT2D eigenvalue weighted by molar-refractivity contribution is 9.10. The molecule has 0 radical (unpaired) electrons. The minimum absolute atomic E-state index is 0.0422. The van der Waals surface area contributed by atoms with Crippen LogP contribution in [0.3, 0.4) is 0 Å². The van der Waals surface area contributed by atoms with Crippen LogP contribution in [0.2, 0.25) is 0 Å². The smallest absolute Gasteiger partial charge is 0.354 e. The van der Waals surface area contributed by atoms with Gasteiger partial charge in [-0.2, -0.15) is 0 Å². The lowest BCUT2D eigenvalue weighted by atomic mass is 9.84. The maximum atomic E-state index is 11.0. The summed E-state index contributed by atoms with van der Waals surface area (Å²) in [6.45, 7) is 3.94. The molecule has 98 valence electrons. The van der Waals surface area contributed by atoms with E-state index in [1.54, 1.807) is 6.07 Å². The molecule has 19 heavy (non-hydrogen) atoms. The van der Waals surface area contributed by atoms with E-state index in [1.165, 1.54) is 6.07 Å². The van der Waals surface area contributed by atoms with Crippen LogP contribution in [0.5, 0.6) is 0 Å². The molecule has 0 fully saturated rings. The van der Waals surface area contributed by atoms with Gasteiger partial charge < -0.3 is 5.11 Å². The molecule has 0 aliphatic carbocycles. The van der Waals surface area contributed by atoms with Crippen molar-refractivity contribution in [2.75, 3.05) is 0 Å². The second-order valence-corrected chi connectivity index (χ2v) is 5.50. The highest BCUT2D eigenvalue weighted by Gasteiger charge is 2.27. The van der Waals surface area contributed by atoms with E-state index in [4.69, 9.17) is 5.11 Å². The third kappa shape index (κ3) is 2.81. The number of carboxylic acids is 1. The van der Waals surface area contributed by atoms with Gasteiger partial charge in [-0.25, -0.2) is 14.8 Å². The molecule has 0 spiro atoms. The van der Waals surface area contributed by atoms with E-state index in [0.29, 0.717) is 5.69 Å². The molecule has 1 N–H and O–H groups in total. The van der Waals surface area contributed by atoms with Crippen molar-refractivity contribution in [2.24, 2.45) is 0 Å². The van der Waals surface area contributed by atoms with Crippen molar-refractivity contribution >= 4 is 21.9 Å². The van der Waals surface area contributed by atoms with Crippen LogP contribution in [-0.4, -0.2) is 21.0 Å². The van der Waals surface area contributed by atoms with Gasteiger partial charge in [-0.15, -0.1) is 0 Å². The molecule has 0 bridgehead atoms. The molecule has 0 unspecified atom stereocenters. The molecule has 0 amide bonds. The van der Waals surface area contributed by atoms with Gasteiger partial charge >= 0.3 is 5.97 Å². The molecule has 0 aliphatic heterocycles. The quantitative estimate of drug-likeness (QED) is 0.882. The summed E-state index contributed by atoms with van der Waals surface area (Å²) in [6, 6.07) is 10.6. The lowest BCUT2D eigenvalue weighted by Gasteiger charge is -2.23. The molecule has 2 rings (SSSR count). The Hall–Kier alpha value is -1.75. The predicted molar refractivity (Wildman–Crippen MR) is 75.3 cm³/mol. The number of aromatic carboxylic acids is 1. The maximum absolute atomic E-state index is 11.0. The van der Waals surface area contributed by atoms with Gasteiger partial charge in [-0.1, -0.05) is 12.1 Å². The zero-order valence-electron chi connectivity index (χ0n) is 10.6. The van der Waals surface area contributed by atoms with E-state index >= 15 is 0 Å². The summed E-state index contributed by atoms with van der Waals surface area (Å²) in [5, 5.41) is 9.00. The van der Waals surface area contributed by atoms with Crippen LogP contribution in [0.4, 0.5) is 0 Å². The summed E-state index contributed by atoms with van der Waals surface area (Å²) in [7, 11) is 0. The Kier molecular flexibility index (Phi) is 3.66. The molecular formula is C14H13BrN2O2. The number of carboxylic acid groups (broad SMARTS) is 1. The molecule has 0 saturated heterocycles. The number of aromatic nitrogens is 2. The van der Waals surface area contributed by atoms with Gasteiger partial charge in [0.05, 0.1) is 11.4 Å². The van der Waals surface area contributed by atoms with Crippen LogP contribution in [0.15, 0.2) is 41.0 Å². The monoisotopic (exact) mass is 320 g/mol. The van der Waals surface area contributed by atoms with E-state index in [1.807, 2.05) is 38.1 Å². The lowest BCUT2D eigenvalue weighted by molar-refractivity contribution is 0.0690. The molecule has 2 heterocycles. The Morgan fingerprint density at radius 3 is 2.26 bits per heavy atom. The fourth-order valence-corrected chi connectivity index (χ4v) is 2.13. The Morgan fingerprint density at radius 1 is 1.11 bits per heavy atom. The van der Waals surface area contributed by atoms with Crippen molar-refractivity contribution in [3.63, 3.8) is 0 Å². The summed E-state index contributed by atoms with van der Waals surface area (Å²) in [4.78, 5) is 19.6. The van der Waals surface area contributed by atoms with Gasteiger partial charge in [0.15, 0.2) is 0 Å². The van der Waals surface area contributed by atoms with Gasteiger partial charge in [-0.3, -0.25) is 0 Å². The highest BCUT2D eigenvalue weighted by atomic mass is 79.9. The minimum atomic E-state index is -1.03. The second-order valence-electron chi connectivity index (χ2n) is 4.68. The molecular weight excluding hydrogens is 308 g/mol. The first-order chi connectivity index (χ1) is 8.91. The number of pyridine rings is 2. The lowest BCUT2D eigenvalue weighted by Crippen LogP contribution is -2.23. The van der Waals surface area contributed by atoms with Gasteiger partial charge in [0.25, 0.3) is 0 Å². The number of halogens is 1. The summed E-state index contributed by atoms with van der Waals surface area (Å²) < 4.78 is 0.743. The standard InChI is InChI=1S/C14H13BrN2O2/c1-14(2,11-7-4-8-12(15)17-11)10-6-3-5-9(16-10)13(18)19/h3-8H,1-2H3,(H,18,19). The zero-order chi connectivity index (χ0) is 14.0. The van der Waals surface area contributed by atoms with Crippen molar-refractivity contribution in [1.82, 2.24) is 9.97 Å². The SMILES string of the molecule is CC(C)(c1cccc(Br)n1)c1cccc(C(=O)O)n1.